The van der Waals surface area contributed by atoms with Crippen molar-refractivity contribution in [1.29, 1.82) is 0 Å². The lowest BCUT2D eigenvalue weighted by Crippen LogP contribution is -2.41. The molecule has 2 N–H and O–H groups in total. The first-order valence-corrected chi connectivity index (χ1v) is 15.3. The van der Waals surface area contributed by atoms with Crippen molar-refractivity contribution in [3.63, 3.8) is 0 Å². The van der Waals surface area contributed by atoms with Gasteiger partial charge in [-0.15, -0.1) is 5.10 Å². The van der Waals surface area contributed by atoms with Crippen LogP contribution in [-0.2, 0) is 20.6 Å². The number of carbonyl (C=O) groups is 1. The molecular formula is C35H43BN4O5. The third kappa shape index (κ3) is 6.77. The molecule has 0 aliphatic carbocycles. The summed E-state index contributed by atoms with van der Waals surface area (Å²) in [6.07, 6.45) is 0.429. The molecule has 3 aromatic carbocycles. The predicted molar refractivity (Wildman–Crippen MR) is 180 cm³/mol. The molecule has 1 fully saturated rings. The summed E-state index contributed by atoms with van der Waals surface area (Å²) in [4.78, 5) is 12.9. The van der Waals surface area contributed by atoms with Gasteiger partial charge in [0.2, 0.25) is 5.91 Å². The van der Waals surface area contributed by atoms with Gasteiger partial charge in [0.1, 0.15) is 11.5 Å². The van der Waals surface area contributed by atoms with Crippen molar-refractivity contribution in [3.05, 3.63) is 65.9 Å². The van der Waals surface area contributed by atoms with Gasteiger partial charge < -0.3 is 29.4 Å². The lowest BCUT2D eigenvalue weighted by molar-refractivity contribution is -0.116. The smallest absolute Gasteiger partial charge is 0.494 e. The topological polar surface area (TPSA) is 104 Å². The van der Waals surface area contributed by atoms with Gasteiger partial charge in [-0.25, -0.2) is 0 Å². The van der Waals surface area contributed by atoms with Crippen molar-refractivity contribution in [2.24, 2.45) is 5.92 Å². The number of nitrogens with zero attached hydrogens (tertiary/aromatic N) is 2. The van der Waals surface area contributed by atoms with Gasteiger partial charge in [-0.05, 0) is 81.9 Å². The Morgan fingerprint density at radius 2 is 1.64 bits per heavy atom. The quantitative estimate of drug-likeness (QED) is 0.196. The van der Waals surface area contributed by atoms with E-state index in [0.717, 1.165) is 55.8 Å². The van der Waals surface area contributed by atoms with Crippen LogP contribution in [0, 0.1) is 12.8 Å². The van der Waals surface area contributed by atoms with Crippen molar-refractivity contribution < 1.29 is 23.6 Å². The molecule has 0 bridgehead atoms. The van der Waals surface area contributed by atoms with Gasteiger partial charge in [0.15, 0.2) is 5.82 Å². The zero-order chi connectivity index (χ0) is 32.5. The highest BCUT2D eigenvalue weighted by Crippen LogP contribution is 2.38. The number of methoxy groups -OCH3 is 2. The number of hydrogen-bond donors (Lipinski definition) is 2. The fourth-order valence-electron chi connectivity index (χ4n) is 5.37. The van der Waals surface area contributed by atoms with E-state index in [1.54, 1.807) is 14.2 Å². The molecule has 0 radical (unpaired) electrons. The van der Waals surface area contributed by atoms with Crippen LogP contribution < -0.4 is 25.6 Å². The molecule has 1 aliphatic heterocycles. The maximum atomic E-state index is 12.9. The molecule has 0 saturated carbocycles. The summed E-state index contributed by atoms with van der Waals surface area (Å²) < 4.78 is 23.6. The summed E-state index contributed by atoms with van der Waals surface area (Å²) in [6, 6.07) is 17.9. The molecule has 9 nitrogen and oxygen atoms in total. The summed E-state index contributed by atoms with van der Waals surface area (Å²) in [5.74, 6) is 2.32. The molecule has 5 rings (SSSR count). The Bertz CT molecular complexity index is 1710. The van der Waals surface area contributed by atoms with Gasteiger partial charge in [-0.2, -0.15) is 5.10 Å². The van der Waals surface area contributed by atoms with Crippen LogP contribution in [0.15, 0.2) is 54.6 Å². The first-order valence-electron chi connectivity index (χ1n) is 15.3. The molecule has 1 aromatic heterocycles. The van der Waals surface area contributed by atoms with Gasteiger partial charge in [-0.3, -0.25) is 4.79 Å². The number of fused-ring (bicyclic) bond motifs is 1. The Labute approximate surface area is 266 Å². The van der Waals surface area contributed by atoms with Crippen LogP contribution in [0.25, 0.3) is 21.9 Å². The van der Waals surface area contributed by atoms with Crippen LogP contribution in [0.3, 0.4) is 0 Å². The van der Waals surface area contributed by atoms with E-state index >= 15 is 0 Å². The van der Waals surface area contributed by atoms with E-state index in [1.807, 2.05) is 97.0 Å². The predicted octanol–water partition coefficient (Wildman–Crippen LogP) is 6.52. The number of aryl methyl sites for hydroxylation is 1. The van der Waals surface area contributed by atoms with E-state index in [1.165, 1.54) is 0 Å². The molecule has 45 heavy (non-hydrogen) atoms. The molecule has 2 heterocycles. The second-order valence-corrected chi connectivity index (χ2v) is 13.0. The van der Waals surface area contributed by atoms with Crippen LogP contribution in [-0.4, -0.2) is 48.6 Å². The molecule has 236 valence electrons. The fourth-order valence-corrected chi connectivity index (χ4v) is 5.37. The molecule has 0 atom stereocenters. The Morgan fingerprint density at radius 3 is 2.31 bits per heavy atom. The number of nitrogens with one attached hydrogen (secondary N) is 2. The van der Waals surface area contributed by atoms with Crippen molar-refractivity contribution in [2.75, 3.05) is 24.9 Å². The lowest BCUT2D eigenvalue weighted by atomic mass is 9.77. The Morgan fingerprint density at radius 1 is 0.911 bits per heavy atom. The number of ether oxygens (including phenoxy) is 2. The van der Waals surface area contributed by atoms with Gasteiger partial charge in [0.25, 0.3) is 0 Å². The summed E-state index contributed by atoms with van der Waals surface area (Å²) in [5, 5.41) is 17.4. The first-order chi connectivity index (χ1) is 21.3. The summed E-state index contributed by atoms with van der Waals surface area (Å²) in [6.45, 7) is 14.7. The third-order valence-corrected chi connectivity index (χ3v) is 8.65. The van der Waals surface area contributed by atoms with E-state index in [9.17, 15) is 4.79 Å². The van der Waals surface area contributed by atoms with Crippen molar-refractivity contribution in [3.8, 4) is 22.6 Å². The standard InChI is InChI=1S/C35H43BN4O5/c1-21(2)16-32(41)38-30-15-12-25(36-44-34(4,5)35(6,7)45-36)18-29(30)23-11-14-27-28(17-23)22(3)39-40-33(27)37-20-24-10-13-26(42-8)19-31(24)43-9/h10-15,17-19,21H,16,20H2,1-9H3,(H,37,40)(H,38,41). The van der Waals surface area contributed by atoms with Crippen LogP contribution in [0.4, 0.5) is 11.5 Å². The van der Waals surface area contributed by atoms with E-state index in [-0.39, 0.29) is 11.8 Å². The van der Waals surface area contributed by atoms with Crippen molar-refractivity contribution in [2.45, 2.75) is 72.6 Å². The van der Waals surface area contributed by atoms with Crippen molar-refractivity contribution >= 4 is 40.8 Å². The molecular weight excluding hydrogens is 567 g/mol. The van der Waals surface area contributed by atoms with Gasteiger partial charge in [0, 0.05) is 46.6 Å². The summed E-state index contributed by atoms with van der Waals surface area (Å²) in [5.41, 5.74) is 4.23. The number of rotatable bonds is 10. The van der Waals surface area contributed by atoms with E-state index in [4.69, 9.17) is 18.8 Å². The summed E-state index contributed by atoms with van der Waals surface area (Å²) >= 11 is 0. The van der Waals surface area contributed by atoms with Crippen LogP contribution in [0.5, 0.6) is 11.5 Å². The van der Waals surface area contributed by atoms with Gasteiger partial charge in [0.05, 0.1) is 31.1 Å². The SMILES string of the molecule is COc1ccc(CNc2nnc(C)c3cc(-c4cc(B5OC(C)(C)C(C)(C)O5)ccc4NC(=O)CC(C)C)ccc23)c(OC)c1. The second kappa shape index (κ2) is 12.7. The number of benzene rings is 3. The highest BCUT2D eigenvalue weighted by Gasteiger charge is 2.51. The number of hydrogen-bond acceptors (Lipinski definition) is 8. The maximum Gasteiger partial charge on any atom is 0.494 e. The van der Waals surface area contributed by atoms with E-state index < -0.39 is 18.3 Å². The van der Waals surface area contributed by atoms with Gasteiger partial charge >= 0.3 is 7.12 Å². The van der Waals surface area contributed by atoms with E-state index in [2.05, 4.69) is 26.9 Å². The second-order valence-electron chi connectivity index (χ2n) is 13.0. The Hall–Kier alpha value is -4.15. The average molecular weight is 611 g/mol. The number of amides is 1. The monoisotopic (exact) mass is 610 g/mol. The molecule has 1 aliphatic rings. The highest BCUT2D eigenvalue weighted by molar-refractivity contribution is 6.62. The van der Waals surface area contributed by atoms with Crippen LogP contribution in [0.2, 0.25) is 0 Å². The van der Waals surface area contributed by atoms with Crippen LogP contribution >= 0.6 is 0 Å². The first kappa shape index (κ1) is 32.3. The third-order valence-electron chi connectivity index (χ3n) is 8.65. The number of anilines is 2. The minimum absolute atomic E-state index is 0.0297. The maximum absolute atomic E-state index is 12.9. The van der Waals surface area contributed by atoms with Gasteiger partial charge in [-0.1, -0.05) is 32.0 Å². The highest BCUT2D eigenvalue weighted by atomic mass is 16.7. The Balaban J connectivity index is 1.52. The normalized spacial score (nSPS) is 15.4. The molecule has 4 aromatic rings. The molecule has 1 amide bonds. The zero-order valence-corrected chi connectivity index (χ0v) is 27.7. The summed E-state index contributed by atoms with van der Waals surface area (Å²) in [7, 11) is 2.74. The lowest BCUT2D eigenvalue weighted by Gasteiger charge is -2.32. The zero-order valence-electron chi connectivity index (χ0n) is 27.7. The molecule has 1 saturated heterocycles. The number of aromatic nitrogens is 2. The number of carbonyl (C=O) groups excluding carboxylic acids is 1. The Kier molecular flexibility index (Phi) is 9.10. The minimum atomic E-state index is -0.534. The molecule has 10 heteroatoms. The minimum Gasteiger partial charge on any atom is -0.497 e. The van der Waals surface area contributed by atoms with Crippen LogP contribution in [0.1, 0.15) is 59.2 Å². The fraction of sp³-hybridized carbons (Fsp3) is 0.400. The molecule has 0 unspecified atom stereocenters. The molecule has 0 spiro atoms. The van der Waals surface area contributed by atoms with E-state index in [0.29, 0.717) is 18.8 Å². The largest absolute Gasteiger partial charge is 0.497 e. The average Bonchev–Trinajstić information content (AvgIpc) is 3.22. The van der Waals surface area contributed by atoms with Crippen molar-refractivity contribution in [1.82, 2.24) is 10.2 Å².